The van der Waals surface area contributed by atoms with E-state index < -0.39 is 24.3 Å². The van der Waals surface area contributed by atoms with Gasteiger partial charge >= 0.3 is 5.97 Å². The Morgan fingerprint density at radius 1 is 1.33 bits per heavy atom. The molecule has 0 unspecified atom stereocenters. The molecule has 0 radical (unpaired) electrons. The average molecular weight is 311 g/mol. The molecule has 0 aliphatic heterocycles. The molecule has 1 aromatic carbocycles. The molecule has 0 saturated heterocycles. The molecule has 0 fully saturated rings. The van der Waals surface area contributed by atoms with Gasteiger partial charge in [0.15, 0.2) is 0 Å². The van der Waals surface area contributed by atoms with Gasteiger partial charge in [-0.2, -0.15) is 0 Å². The summed E-state index contributed by atoms with van der Waals surface area (Å²) in [6, 6.07) is 6.42. The number of hydrogen-bond acceptors (Lipinski definition) is 3. The summed E-state index contributed by atoms with van der Waals surface area (Å²) in [5.74, 6) is -2.15. The van der Waals surface area contributed by atoms with E-state index in [1.54, 1.807) is 18.2 Å². The monoisotopic (exact) mass is 310 g/mol. The lowest BCUT2D eigenvalue weighted by atomic mass is 10.2. The molecule has 0 bridgehead atoms. The molecule has 0 atom stereocenters. The molecule has 7 heteroatoms. The first kappa shape index (κ1) is 16.7. The second kappa shape index (κ2) is 8.06. The van der Waals surface area contributed by atoms with Crippen molar-refractivity contribution < 1.29 is 19.5 Å². The topological polar surface area (TPSA) is 86.7 Å². The molecule has 0 aromatic heterocycles. The first-order valence-electron chi connectivity index (χ1n) is 6.09. The third-order valence-electron chi connectivity index (χ3n) is 2.55. The third-order valence-corrected chi connectivity index (χ3v) is 2.88. The summed E-state index contributed by atoms with van der Waals surface area (Å²) in [7, 11) is 0. The largest absolute Gasteiger partial charge is 0.480 e. The van der Waals surface area contributed by atoms with Crippen LogP contribution in [-0.2, 0) is 9.59 Å². The Kier molecular flexibility index (Phi) is 6.42. The molecule has 0 spiro atoms. The Hall–Kier alpha value is -2.34. The lowest BCUT2D eigenvalue weighted by molar-refractivity contribution is -0.143. The van der Waals surface area contributed by atoms with Crippen LogP contribution in [0.1, 0.15) is 10.4 Å². The van der Waals surface area contributed by atoms with Gasteiger partial charge in [-0.15, -0.1) is 6.58 Å². The zero-order chi connectivity index (χ0) is 15.8. The standard InChI is InChI=1S/C14H15ClN2O4/c1-2-7-17(9-13(19)20)12(18)8-16-14(21)10-5-3-4-6-11(10)15/h2-6H,1,7-9H2,(H,16,21)(H,19,20). The van der Waals surface area contributed by atoms with Gasteiger partial charge in [0.25, 0.3) is 5.91 Å². The van der Waals surface area contributed by atoms with Crippen LogP contribution < -0.4 is 5.32 Å². The summed E-state index contributed by atoms with van der Waals surface area (Å²) in [5.41, 5.74) is 0.250. The predicted octanol–water partition coefficient (Wildman–Crippen LogP) is 1.17. The van der Waals surface area contributed by atoms with E-state index in [4.69, 9.17) is 16.7 Å². The summed E-state index contributed by atoms with van der Waals surface area (Å²) in [6.07, 6.45) is 1.41. The molecule has 2 amide bonds. The van der Waals surface area contributed by atoms with Crippen LogP contribution in [-0.4, -0.2) is 47.4 Å². The molecule has 6 nitrogen and oxygen atoms in total. The average Bonchev–Trinajstić information content (AvgIpc) is 2.44. The fourth-order valence-electron chi connectivity index (χ4n) is 1.58. The molecule has 1 aromatic rings. The summed E-state index contributed by atoms with van der Waals surface area (Å²) in [4.78, 5) is 35.5. The van der Waals surface area contributed by atoms with Gasteiger partial charge in [-0.25, -0.2) is 0 Å². The zero-order valence-corrected chi connectivity index (χ0v) is 12.0. The normalized spacial score (nSPS) is 9.76. The Labute approximate surface area is 127 Å². The van der Waals surface area contributed by atoms with E-state index in [0.29, 0.717) is 0 Å². The van der Waals surface area contributed by atoms with Crippen molar-refractivity contribution in [3.05, 3.63) is 47.5 Å². The van der Waals surface area contributed by atoms with E-state index in [-0.39, 0.29) is 23.7 Å². The minimum atomic E-state index is -1.14. The van der Waals surface area contributed by atoms with Gasteiger partial charge < -0.3 is 15.3 Å². The highest BCUT2D eigenvalue weighted by atomic mass is 35.5. The van der Waals surface area contributed by atoms with Gasteiger partial charge in [-0.05, 0) is 12.1 Å². The van der Waals surface area contributed by atoms with Crippen molar-refractivity contribution in [3.8, 4) is 0 Å². The molecule has 0 heterocycles. The smallest absolute Gasteiger partial charge is 0.323 e. The second-order valence-corrected chi connectivity index (χ2v) is 4.53. The number of nitrogens with one attached hydrogen (secondary N) is 1. The van der Waals surface area contributed by atoms with Crippen molar-refractivity contribution in [2.75, 3.05) is 19.6 Å². The molecule has 21 heavy (non-hydrogen) atoms. The molecule has 112 valence electrons. The van der Waals surface area contributed by atoms with Gasteiger partial charge in [-0.3, -0.25) is 14.4 Å². The minimum absolute atomic E-state index is 0.0904. The van der Waals surface area contributed by atoms with Gasteiger partial charge in [0, 0.05) is 6.54 Å². The number of hydrogen-bond donors (Lipinski definition) is 2. The van der Waals surface area contributed by atoms with Crippen molar-refractivity contribution in [1.82, 2.24) is 10.2 Å². The van der Waals surface area contributed by atoms with E-state index in [0.717, 1.165) is 4.90 Å². The molecular formula is C14H15ClN2O4. The quantitative estimate of drug-likeness (QED) is 0.740. The number of carbonyl (C=O) groups excluding carboxylic acids is 2. The third kappa shape index (κ3) is 5.27. The predicted molar refractivity (Wildman–Crippen MR) is 78.2 cm³/mol. The molecular weight excluding hydrogens is 296 g/mol. The summed E-state index contributed by atoms with van der Waals surface area (Å²) >= 11 is 5.87. The van der Waals surface area contributed by atoms with Crippen molar-refractivity contribution >= 4 is 29.4 Å². The van der Waals surface area contributed by atoms with Crippen molar-refractivity contribution in [2.45, 2.75) is 0 Å². The number of carboxylic acids is 1. The first-order valence-corrected chi connectivity index (χ1v) is 6.46. The lowest BCUT2D eigenvalue weighted by Crippen LogP contribution is -2.42. The zero-order valence-electron chi connectivity index (χ0n) is 11.2. The highest BCUT2D eigenvalue weighted by Gasteiger charge is 2.17. The Bertz CT molecular complexity index is 560. The van der Waals surface area contributed by atoms with E-state index in [9.17, 15) is 14.4 Å². The van der Waals surface area contributed by atoms with Gasteiger partial charge in [-0.1, -0.05) is 29.8 Å². The van der Waals surface area contributed by atoms with Crippen LogP contribution in [0.3, 0.4) is 0 Å². The van der Waals surface area contributed by atoms with Crippen LogP contribution in [0.25, 0.3) is 0 Å². The fraction of sp³-hybridized carbons (Fsp3) is 0.214. The summed E-state index contributed by atoms with van der Waals surface area (Å²) in [6.45, 7) is 2.78. The first-order chi connectivity index (χ1) is 9.95. The molecule has 0 aliphatic carbocycles. The van der Waals surface area contributed by atoms with Crippen molar-refractivity contribution in [3.63, 3.8) is 0 Å². The number of carbonyl (C=O) groups is 3. The van der Waals surface area contributed by atoms with Crippen molar-refractivity contribution in [2.24, 2.45) is 0 Å². The second-order valence-electron chi connectivity index (χ2n) is 4.12. The highest BCUT2D eigenvalue weighted by molar-refractivity contribution is 6.33. The van der Waals surface area contributed by atoms with Crippen LogP contribution in [0.2, 0.25) is 5.02 Å². The maximum Gasteiger partial charge on any atom is 0.323 e. The van der Waals surface area contributed by atoms with Crippen LogP contribution >= 0.6 is 11.6 Å². The number of nitrogens with zero attached hydrogens (tertiary/aromatic N) is 1. The maximum absolute atomic E-state index is 11.9. The van der Waals surface area contributed by atoms with E-state index in [1.807, 2.05) is 0 Å². The number of rotatable bonds is 7. The van der Waals surface area contributed by atoms with Crippen LogP contribution in [0, 0.1) is 0 Å². The van der Waals surface area contributed by atoms with Crippen LogP contribution in [0.4, 0.5) is 0 Å². The van der Waals surface area contributed by atoms with Gasteiger partial charge in [0.2, 0.25) is 5.91 Å². The van der Waals surface area contributed by atoms with Crippen LogP contribution in [0.15, 0.2) is 36.9 Å². The number of carboxylic acid groups (broad SMARTS) is 1. The van der Waals surface area contributed by atoms with E-state index in [2.05, 4.69) is 11.9 Å². The summed E-state index contributed by atoms with van der Waals surface area (Å²) < 4.78 is 0. The Morgan fingerprint density at radius 3 is 2.57 bits per heavy atom. The van der Waals surface area contributed by atoms with E-state index >= 15 is 0 Å². The Balaban J connectivity index is 2.62. The minimum Gasteiger partial charge on any atom is -0.480 e. The molecule has 0 aliphatic rings. The number of aliphatic carboxylic acids is 1. The van der Waals surface area contributed by atoms with E-state index in [1.165, 1.54) is 12.1 Å². The SMILES string of the molecule is C=CCN(CC(=O)O)C(=O)CNC(=O)c1ccccc1Cl. The maximum atomic E-state index is 11.9. The van der Waals surface area contributed by atoms with Gasteiger partial charge in [0.05, 0.1) is 17.1 Å². The van der Waals surface area contributed by atoms with Crippen LogP contribution in [0.5, 0.6) is 0 Å². The highest BCUT2D eigenvalue weighted by Crippen LogP contribution is 2.14. The number of halogens is 1. The molecule has 0 saturated carbocycles. The number of benzene rings is 1. The van der Waals surface area contributed by atoms with Crippen molar-refractivity contribution in [1.29, 1.82) is 0 Å². The number of amides is 2. The molecule has 2 N–H and O–H groups in total. The molecule has 1 rings (SSSR count). The van der Waals surface area contributed by atoms with Gasteiger partial charge in [0.1, 0.15) is 6.54 Å². The summed E-state index contributed by atoms with van der Waals surface area (Å²) in [5, 5.41) is 11.4. The lowest BCUT2D eigenvalue weighted by Gasteiger charge is -2.19. The Morgan fingerprint density at radius 2 is 2.00 bits per heavy atom. The fourth-order valence-corrected chi connectivity index (χ4v) is 1.80.